The quantitative estimate of drug-likeness (QED) is 0.879. The van der Waals surface area contributed by atoms with Crippen molar-refractivity contribution in [3.8, 4) is 0 Å². The Morgan fingerprint density at radius 2 is 2.35 bits per heavy atom. The summed E-state index contributed by atoms with van der Waals surface area (Å²) in [5, 5.41) is 5.11. The Balaban J connectivity index is 1.64. The van der Waals surface area contributed by atoms with Gasteiger partial charge in [-0.15, -0.1) is 23.1 Å². The zero-order valence-electron chi connectivity index (χ0n) is 13.7. The summed E-state index contributed by atoms with van der Waals surface area (Å²) in [6, 6.07) is 3.95. The van der Waals surface area contributed by atoms with Gasteiger partial charge in [-0.05, 0) is 38.9 Å². The predicted molar refractivity (Wildman–Crippen MR) is 94.5 cm³/mol. The van der Waals surface area contributed by atoms with Crippen molar-refractivity contribution >= 4 is 34.9 Å². The van der Waals surface area contributed by atoms with Gasteiger partial charge >= 0.3 is 0 Å². The minimum absolute atomic E-state index is 0.0279. The van der Waals surface area contributed by atoms with E-state index in [0.29, 0.717) is 18.7 Å². The summed E-state index contributed by atoms with van der Waals surface area (Å²) in [6.07, 6.45) is 1.40. The molecular weight excluding hydrogens is 330 g/mol. The lowest BCUT2D eigenvalue weighted by molar-refractivity contribution is -0.138. The maximum Gasteiger partial charge on any atom is 0.243 e. The standard InChI is InChI=1S/C16H23N3O2S2/c1-16-7-6-14(20)19(16)12(10-23-16)15(21)17-9-11(18(2)3)13-5-4-8-22-13/h4-5,8,11-12H,6-7,9-10H2,1-3H3,(H,17,21). The first-order chi connectivity index (χ1) is 10.9. The molecule has 0 aromatic carbocycles. The van der Waals surface area contributed by atoms with E-state index in [-0.39, 0.29) is 28.8 Å². The molecule has 3 atom stereocenters. The van der Waals surface area contributed by atoms with Crippen LogP contribution in [0.25, 0.3) is 0 Å². The lowest BCUT2D eigenvalue weighted by Gasteiger charge is -2.30. The average Bonchev–Trinajstić information content (AvgIpc) is 3.18. The number of nitrogens with zero attached hydrogens (tertiary/aromatic N) is 2. The number of carbonyl (C=O) groups is 2. The van der Waals surface area contributed by atoms with Gasteiger partial charge in [0.2, 0.25) is 11.8 Å². The Morgan fingerprint density at radius 3 is 3.00 bits per heavy atom. The number of rotatable bonds is 5. The molecule has 2 aliphatic heterocycles. The number of hydrogen-bond acceptors (Lipinski definition) is 5. The molecule has 0 saturated carbocycles. The summed E-state index contributed by atoms with van der Waals surface area (Å²) in [6.45, 7) is 2.64. The fourth-order valence-corrected chi connectivity index (χ4v) is 5.70. The van der Waals surface area contributed by atoms with Crippen LogP contribution in [0, 0.1) is 0 Å². The summed E-state index contributed by atoms with van der Waals surface area (Å²) in [4.78, 5) is 29.7. The van der Waals surface area contributed by atoms with Gasteiger partial charge in [-0.1, -0.05) is 6.07 Å². The number of thioether (sulfide) groups is 1. The zero-order chi connectivity index (χ0) is 16.6. The van der Waals surface area contributed by atoms with E-state index in [1.165, 1.54) is 4.88 Å². The molecule has 2 saturated heterocycles. The molecule has 0 spiro atoms. The van der Waals surface area contributed by atoms with Gasteiger partial charge in [0.1, 0.15) is 6.04 Å². The van der Waals surface area contributed by atoms with E-state index < -0.39 is 0 Å². The second-order valence-electron chi connectivity index (χ2n) is 6.51. The smallest absolute Gasteiger partial charge is 0.243 e. The van der Waals surface area contributed by atoms with Crippen LogP contribution >= 0.6 is 23.1 Å². The van der Waals surface area contributed by atoms with Crippen molar-refractivity contribution in [3.63, 3.8) is 0 Å². The molecule has 5 nitrogen and oxygen atoms in total. The monoisotopic (exact) mass is 353 g/mol. The first kappa shape index (κ1) is 16.8. The average molecular weight is 354 g/mol. The topological polar surface area (TPSA) is 52.7 Å². The van der Waals surface area contributed by atoms with Crippen LogP contribution in [0.4, 0.5) is 0 Å². The Labute approximate surface area is 145 Å². The van der Waals surface area contributed by atoms with Gasteiger partial charge in [-0.3, -0.25) is 9.59 Å². The number of nitrogens with one attached hydrogen (secondary N) is 1. The van der Waals surface area contributed by atoms with Crippen LogP contribution in [0.2, 0.25) is 0 Å². The third kappa shape index (κ3) is 3.14. The van der Waals surface area contributed by atoms with Crippen molar-refractivity contribution in [1.29, 1.82) is 0 Å². The van der Waals surface area contributed by atoms with Crippen molar-refractivity contribution in [2.75, 3.05) is 26.4 Å². The molecule has 0 radical (unpaired) electrons. The van der Waals surface area contributed by atoms with Crippen molar-refractivity contribution < 1.29 is 9.59 Å². The molecule has 3 unspecified atom stereocenters. The van der Waals surface area contributed by atoms with E-state index in [0.717, 1.165) is 6.42 Å². The Morgan fingerprint density at radius 1 is 1.57 bits per heavy atom. The van der Waals surface area contributed by atoms with Crippen molar-refractivity contribution in [2.24, 2.45) is 0 Å². The maximum absolute atomic E-state index is 12.6. The van der Waals surface area contributed by atoms with Gasteiger partial charge in [-0.2, -0.15) is 0 Å². The van der Waals surface area contributed by atoms with Crippen molar-refractivity contribution in [3.05, 3.63) is 22.4 Å². The van der Waals surface area contributed by atoms with E-state index in [9.17, 15) is 9.59 Å². The highest BCUT2D eigenvalue weighted by molar-refractivity contribution is 8.01. The Hall–Kier alpha value is -1.05. The summed E-state index contributed by atoms with van der Waals surface area (Å²) in [5.74, 6) is 0.777. The van der Waals surface area contributed by atoms with E-state index in [1.807, 2.05) is 25.1 Å². The van der Waals surface area contributed by atoms with Crippen LogP contribution < -0.4 is 5.32 Å². The molecule has 2 amide bonds. The minimum Gasteiger partial charge on any atom is -0.352 e. The number of fused-ring (bicyclic) bond motifs is 1. The van der Waals surface area contributed by atoms with E-state index in [2.05, 4.69) is 28.6 Å². The first-order valence-electron chi connectivity index (χ1n) is 7.86. The molecule has 2 fully saturated rings. The second-order valence-corrected chi connectivity index (χ2v) is 8.99. The first-order valence-corrected chi connectivity index (χ1v) is 9.72. The fourth-order valence-electron chi connectivity index (χ4n) is 3.35. The molecule has 3 heterocycles. The number of hydrogen-bond donors (Lipinski definition) is 1. The van der Waals surface area contributed by atoms with Gasteiger partial charge in [-0.25, -0.2) is 0 Å². The minimum atomic E-state index is -0.328. The highest BCUT2D eigenvalue weighted by atomic mass is 32.2. The zero-order valence-corrected chi connectivity index (χ0v) is 15.4. The second kappa shape index (κ2) is 6.45. The molecule has 2 aliphatic rings. The van der Waals surface area contributed by atoms with Crippen molar-refractivity contribution in [1.82, 2.24) is 15.1 Å². The van der Waals surface area contributed by atoms with Crippen LogP contribution in [-0.2, 0) is 9.59 Å². The molecule has 23 heavy (non-hydrogen) atoms. The van der Waals surface area contributed by atoms with E-state index >= 15 is 0 Å². The van der Waals surface area contributed by atoms with Gasteiger partial charge < -0.3 is 15.1 Å². The van der Waals surface area contributed by atoms with Gasteiger partial charge in [0, 0.05) is 23.6 Å². The Kier molecular flexibility index (Phi) is 4.71. The van der Waals surface area contributed by atoms with Crippen molar-refractivity contribution in [2.45, 2.75) is 36.7 Å². The third-order valence-electron chi connectivity index (χ3n) is 4.71. The highest BCUT2D eigenvalue weighted by Crippen LogP contribution is 2.47. The number of thiophene rings is 1. The molecule has 3 rings (SSSR count). The van der Waals surface area contributed by atoms with E-state index in [4.69, 9.17) is 0 Å². The lowest BCUT2D eigenvalue weighted by atomic mass is 10.2. The molecule has 1 N–H and O–H groups in total. The molecule has 0 aliphatic carbocycles. The normalized spacial score (nSPS) is 28.3. The molecule has 1 aromatic heterocycles. The van der Waals surface area contributed by atoms with Gasteiger partial charge in [0.25, 0.3) is 0 Å². The molecule has 0 bridgehead atoms. The summed E-state index contributed by atoms with van der Waals surface area (Å²) >= 11 is 3.43. The van der Waals surface area contributed by atoms with Crippen LogP contribution in [0.3, 0.4) is 0 Å². The number of likely N-dealkylation sites (N-methyl/N-ethyl adjacent to an activating group) is 1. The molecular formula is C16H23N3O2S2. The summed E-state index contributed by atoms with van der Waals surface area (Å²) < 4.78 is 0. The van der Waals surface area contributed by atoms with Gasteiger partial charge in [0.15, 0.2) is 0 Å². The number of carbonyl (C=O) groups excluding carboxylic acids is 2. The predicted octanol–water partition coefficient (Wildman–Crippen LogP) is 1.92. The molecule has 126 valence electrons. The Bertz CT molecular complexity index is 590. The third-order valence-corrected chi connectivity index (χ3v) is 7.19. The summed E-state index contributed by atoms with van der Waals surface area (Å²) in [5.41, 5.74) is 0. The fraction of sp³-hybridized carbons (Fsp3) is 0.625. The largest absolute Gasteiger partial charge is 0.352 e. The molecule has 7 heteroatoms. The highest BCUT2D eigenvalue weighted by Gasteiger charge is 2.52. The van der Waals surface area contributed by atoms with Crippen LogP contribution in [0.15, 0.2) is 17.5 Å². The van der Waals surface area contributed by atoms with Crippen LogP contribution in [-0.4, -0.2) is 58.9 Å². The van der Waals surface area contributed by atoms with E-state index in [1.54, 1.807) is 23.1 Å². The van der Waals surface area contributed by atoms with Gasteiger partial charge in [0.05, 0.1) is 10.9 Å². The number of amides is 2. The lowest BCUT2D eigenvalue weighted by Crippen LogP contribution is -2.51. The molecule has 1 aromatic rings. The maximum atomic E-state index is 12.6. The van der Waals surface area contributed by atoms with Crippen LogP contribution in [0.1, 0.15) is 30.7 Å². The summed E-state index contributed by atoms with van der Waals surface area (Å²) in [7, 11) is 4.03. The van der Waals surface area contributed by atoms with Crippen LogP contribution in [0.5, 0.6) is 0 Å². The SMILES string of the molecule is CN(C)C(CNC(=O)C1CSC2(C)CCC(=O)N12)c1cccs1.